The molecule has 0 bridgehead atoms. The molecule has 0 unspecified atom stereocenters. The minimum Gasteiger partial charge on any atom is -0.383 e. The monoisotopic (exact) mass is 290 g/mol. The van der Waals surface area contributed by atoms with E-state index in [0.717, 1.165) is 31.6 Å². The van der Waals surface area contributed by atoms with Crippen LogP contribution < -0.4 is 5.32 Å². The molecular formula is C17H26N2O2. The van der Waals surface area contributed by atoms with Crippen molar-refractivity contribution in [3.8, 4) is 0 Å². The zero-order valence-corrected chi connectivity index (χ0v) is 13.3. The molecular weight excluding hydrogens is 264 g/mol. The lowest BCUT2D eigenvalue weighted by molar-refractivity contribution is 0.0672. The average Bonchev–Trinajstić information content (AvgIpc) is 2.50. The maximum Gasteiger partial charge on any atom is 0.253 e. The minimum atomic E-state index is 0.106. The standard InChI is InChI=1S/C17H26N2O2/c1-13(2)12-19(8-9-21-3)17(20)15-5-4-14-6-7-18-11-16(14)10-15/h4-5,10,13,18H,6-9,11-12H2,1-3H3. The molecule has 4 nitrogen and oxygen atoms in total. The molecule has 1 amide bonds. The molecule has 1 aromatic rings. The van der Waals surface area contributed by atoms with Gasteiger partial charge >= 0.3 is 0 Å². The van der Waals surface area contributed by atoms with Gasteiger partial charge in [0.1, 0.15) is 0 Å². The van der Waals surface area contributed by atoms with E-state index in [1.54, 1.807) is 7.11 Å². The maximum absolute atomic E-state index is 12.7. The lowest BCUT2D eigenvalue weighted by Crippen LogP contribution is -2.37. The van der Waals surface area contributed by atoms with Crippen LogP contribution in [-0.4, -0.2) is 44.2 Å². The smallest absolute Gasteiger partial charge is 0.253 e. The summed E-state index contributed by atoms with van der Waals surface area (Å²) in [6.45, 7) is 8.12. The second-order valence-electron chi connectivity index (χ2n) is 6.05. The Kier molecular flexibility index (Phi) is 5.76. The van der Waals surface area contributed by atoms with Crippen LogP contribution in [-0.2, 0) is 17.7 Å². The third kappa shape index (κ3) is 4.29. The van der Waals surface area contributed by atoms with E-state index >= 15 is 0 Å². The Morgan fingerprint density at radius 3 is 2.90 bits per heavy atom. The quantitative estimate of drug-likeness (QED) is 0.872. The van der Waals surface area contributed by atoms with E-state index < -0.39 is 0 Å². The van der Waals surface area contributed by atoms with Gasteiger partial charge in [0.25, 0.3) is 5.91 Å². The molecule has 0 saturated carbocycles. The number of nitrogens with one attached hydrogen (secondary N) is 1. The van der Waals surface area contributed by atoms with Crippen LogP contribution in [0.4, 0.5) is 0 Å². The van der Waals surface area contributed by atoms with Gasteiger partial charge < -0.3 is 15.0 Å². The van der Waals surface area contributed by atoms with Gasteiger partial charge in [0.2, 0.25) is 0 Å². The fourth-order valence-electron chi connectivity index (χ4n) is 2.71. The third-order valence-corrected chi connectivity index (χ3v) is 3.78. The Morgan fingerprint density at radius 1 is 1.38 bits per heavy atom. The molecule has 4 heteroatoms. The third-order valence-electron chi connectivity index (χ3n) is 3.78. The summed E-state index contributed by atoms with van der Waals surface area (Å²) in [5, 5.41) is 3.36. The summed E-state index contributed by atoms with van der Waals surface area (Å²) in [7, 11) is 1.67. The van der Waals surface area contributed by atoms with Gasteiger partial charge in [0, 0.05) is 32.3 Å². The van der Waals surface area contributed by atoms with Crippen LogP contribution in [0.15, 0.2) is 18.2 Å². The Balaban J connectivity index is 2.15. The molecule has 1 aliphatic rings. The number of fused-ring (bicyclic) bond motifs is 1. The minimum absolute atomic E-state index is 0.106. The number of carbonyl (C=O) groups is 1. The van der Waals surface area contributed by atoms with E-state index in [-0.39, 0.29) is 5.91 Å². The number of hydrogen-bond donors (Lipinski definition) is 1. The zero-order chi connectivity index (χ0) is 15.2. The molecule has 0 fully saturated rings. The van der Waals surface area contributed by atoms with Crippen LogP contribution in [0.1, 0.15) is 35.3 Å². The van der Waals surface area contributed by atoms with Crippen molar-refractivity contribution in [2.75, 3.05) is 33.4 Å². The lowest BCUT2D eigenvalue weighted by atomic mass is 9.98. The summed E-state index contributed by atoms with van der Waals surface area (Å²) >= 11 is 0. The number of amides is 1. The van der Waals surface area contributed by atoms with Crippen molar-refractivity contribution >= 4 is 5.91 Å². The summed E-state index contributed by atoms with van der Waals surface area (Å²) in [4.78, 5) is 14.6. The summed E-state index contributed by atoms with van der Waals surface area (Å²) in [6, 6.07) is 6.11. The van der Waals surface area contributed by atoms with Crippen LogP contribution in [0.25, 0.3) is 0 Å². The van der Waals surface area contributed by atoms with Crippen molar-refractivity contribution in [1.82, 2.24) is 10.2 Å². The largest absolute Gasteiger partial charge is 0.383 e. The highest BCUT2D eigenvalue weighted by atomic mass is 16.5. The predicted molar refractivity (Wildman–Crippen MR) is 84.5 cm³/mol. The molecule has 0 atom stereocenters. The van der Waals surface area contributed by atoms with Crippen molar-refractivity contribution < 1.29 is 9.53 Å². The Labute approximate surface area is 127 Å². The molecule has 0 aromatic heterocycles. The van der Waals surface area contributed by atoms with Crippen LogP contribution in [0.5, 0.6) is 0 Å². The van der Waals surface area contributed by atoms with Gasteiger partial charge in [0.05, 0.1) is 6.61 Å². The average molecular weight is 290 g/mol. The van der Waals surface area contributed by atoms with E-state index in [0.29, 0.717) is 19.1 Å². The molecule has 0 spiro atoms. The fourth-order valence-corrected chi connectivity index (χ4v) is 2.71. The first kappa shape index (κ1) is 16.0. The van der Waals surface area contributed by atoms with Gasteiger partial charge in [-0.2, -0.15) is 0 Å². The molecule has 21 heavy (non-hydrogen) atoms. The fraction of sp³-hybridized carbons (Fsp3) is 0.588. The van der Waals surface area contributed by atoms with Crippen molar-refractivity contribution in [2.45, 2.75) is 26.8 Å². The van der Waals surface area contributed by atoms with Crippen molar-refractivity contribution in [3.05, 3.63) is 34.9 Å². The second-order valence-corrected chi connectivity index (χ2v) is 6.05. The molecule has 1 N–H and O–H groups in total. The van der Waals surface area contributed by atoms with Gasteiger partial charge in [-0.15, -0.1) is 0 Å². The molecule has 1 heterocycles. The number of carbonyl (C=O) groups excluding carboxylic acids is 1. The van der Waals surface area contributed by atoms with Gasteiger partial charge in [-0.1, -0.05) is 19.9 Å². The van der Waals surface area contributed by atoms with E-state index in [1.807, 2.05) is 17.0 Å². The van der Waals surface area contributed by atoms with Gasteiger partial charge in [-0.25, -0.2) is 0 Å². The summed E-state index contributed by atoms with van der Waals surface area (Å²) in [5.74, 6) is 0.555. The highest BCUT2D eigenvalue weighted by molar-refractivity contribution is 5.94. The zero-order valence-electron chi connectivity index (χ0n) is 13.3. The summed E-state index contributed by atoms with van der Waals surface area (Å²) in [5.41, 5.74) is 3.40. The predicted octanol–water partition coefficient (Wildman–Crippen LogP) is 2.08. The highest BCUT2D eigenvalue weighted by Crippen LogP contribution is 2.17. The first-order valence-electron chi connectivity index (χ1n) is 7.72. The first-order valence-corrected chi connectivity index (χ1v) is 7.72. The molecule has 1 aliphatic heterocycles. The molecule has 116 valence electrons. The number of nitrogens with zero attached hydrogens (tertiary/aromatic N) is 1. The Bertz CT molecular complexity index is 486. The number of ether oxygens (including phenoxy) is 1. The second kappa shape index (κ2) is 7.57. The van der Waals surface area contributed by atoms with Crippen LogP contribution >= 0.6 is 0 Å². The maximum atomic E-state index is 12.7. The summed E-state index contributed by atoms with van der Waals surface area (Å²) < 4.78 is 5.13. The van der Waals surface area contributed by atoms with Crippen molar-refractivity contribution in [3.63, 3.8) is 0 Å². The van der Waals surface area contributed by atoms with Gasteiger partial charge in [0.15, 0.2) is 0 Å². The van der Waals surface area contributed by atoms with E-state index in [1.165, 1.54) is 11.1 Å². The number of rotatable bonds is 6. The normalized spacial score (nSPS) is 14.1. The lowest BCUT2D eigenvalue weighted by Gasteiger charge is -2.25. The number of hydrogen-bond acceptors (Lipinski definition) is 3. The van der Waals surface area contributed by atoms with Crippen molar-refractivity contribution in [2.24, 2.45) is 5.92 Å². The molecule has 0 radical (unpaired) electrons. The number of benzene rings is 1. The molecule has 0 aliphatic carbocycles. The topological polar surface area (TPSA) is 41.6 Å². The molecule has 0 saturated heterocycles. The van der Waals surface area contributed by atoms with Crippen LogP contribution in [0, 0.1) is 5.92 Å². The van der Waals surface area contributed by atoms with E-state index in [2.05, 4.69) is 25.2 Å². The van der Waals surface area contributed by atoms with E-state index in [9.17, 15) is 4.79 Å². The summed E-state index contributed by atoms with van der Waals surface area (Å²) in [6.07, 6.45) is 1.04. The van der Waals surface area contributed by atoms with Crippen molar-refractivity contribution in [1.29, 1.82) is 0 Å². The van der Waals surface area contributed by atoms with Crippen LogP contribution in [0.3, 0.4) is 0 Å². The van der Waals surface area contributed by atoms with Gasteiger partial charge in [-0.3, -0.25) is 4.79 Å². The number of methoxy groups -OCH3 is 1. The Morgan fingerprint density at radius 2 is 2.19 bits per heavy atom. The molecule has 1 aromatic carbocycles. The first-order chi connectivity index (χ1) is 10.1. The SMILES string of the molecule is COCCN(CC(C)C)C(=O)c1ccc2c(c1)CNCC2. The highest BCUT2D eigenvalue weighted by Gasteiger charge is 2.18. The molecule has 2 rings (SSSR count). The van der Waals surface area contributed by atoms with E-state index in [4.69, 9.17) is 4.74 Å². The Hall–Kier alpha value is -1.39. The van der Waals surface area contributed by atoms with Crippen LogP contribution in [0.2, 0.25) is 0 Å². The van der Waals surface area contributed by atoms with Gasteiger partial charge in [-0.05, 0) is 42.1 Å².